The van der Waals surface area contributed by atoms with E-state index in [0.717, 1.165) is 9.87 Å². The largest absolute Gasteiger partial charge is 0.492 e. The van der Waals surface area contributed by atoms with Crippen LogP contribution in [-0.4, -0.2) is 45.9 Å². The number of aryl methyl sites for hydroxylation is 1. The maximum absolute atomic E-state index is 12.0. The summed E-state index contributed by atoms with van der Waals surface area (Å²) in [5.74, 6) is 0.534. The van der Waals surface area contributed by atoms with E-state index < -0.39 is 10.0 Å². The zero-order valence-corrected chi connectivity index (χ0v) is 19.3. The third-order valence-electron chi connectivity index (χ3n) is 4.76. The van der Waals surface area contributed by atoms with E-state index in [2.05, 4.69) is 50.4 Å². The summed E-state index contributed by atoms with van der Waals surface area (Å²) in [4.78, 5) is 12.2. The van der Waals surface area contributed by atoms with Gasteiger partial charge in [-0.1, -0.05) is 45.0 Å². The smallest absolute Gasteiger partial charge is 0.242 e. The molecule has 0 aliphatic rings. The molecule has 0 bridgehead atoms. The van der Waals surface area contributed by atoms with Crippen molar-refractivity contribution in [1.29, 1.82) is 0 Å². The number of nitrogens with one attached hydrogen (secondary N) is 1. The standard InChI is InChI=1S/C23H32N2O4S/c1-23(2,3)19-9-6-18(7-10-19)8-15-22(26)24-16-17-29-20-11-13-21(14-12-20)30(27,28)25(4)5/h6-7,9-14H,8,15-17H2,1-5H3,(H,24,26). The van der Waals surface area contributed by atoms with Crippen LogP contribution < -0.4 is 10.1 Å². The second-order valence-electron chi connectivity index (χ2n) is 8.40. The lowest BCUT2D eigenvalue weighted by molar-refractivity contribution is -0.121. The summed E-state index contributed by atoms with van der Waals surface area (Å²) in [5, 5.41) is 2.84. The number of nitrogens with zero attached hydrogens (tertiary/aromatic N) is 1. The predicted octanol–water partition coefficient (Wildman–Crippen LogP) is 3.36. The van der Waals surface area contributed by atoms with Gasteiger partial charge in [-0.2, -0.15) is 0 Å². The van der Waals surface area contributed by atoms with E-state index in [0.29, 0.717) is 31.7 Å². The molecule has 7 heteroatoms. The van der Waals surface area contributed by atoms with Gasteiger partial charge in [0.05, 0.1) is 11.4 Å². The number of hydrogen-bond donors (Lipinski definition) is 1. The molecule has 0 heterocycles. The zero-order valence-electron chi connectivity index (χ0n) is 18.4. The fourth-order valence-electron chi connectivity index (χ4n) is 2.80. The Morgan fingerprint density at radius 2 is 1.60 bits per heavy atom. The molecular formula is C23H32N2O4S. The molecule has 0 fully saturated rings. The van der Waals surface area contributed by atoms with Gasteiger partial charge in [0.2, 0.25) is 15.9 Å². The Bertz CT molecular complexity index is 929. The average Bonchev–Trinajstić information content (AvgIpc) is 2.69. The van der Waals surface area contributed by atoms with Crippen LogP contribution >= 0.6 is 0 Å². The van der Waals surface area contributed by atoms with Crippen molar-refractivity contribution in [3.8, 4) is 5.75 Å². The van der Waals surface area contributed by atoms with Gasteiger partial charge in [0.1, 0.15) is 12.4 Å². The molecule has 0 saturated heterocycles. The van der Waals surface area contributed by atoms with Gasteiger partial charge in [-0.15, -0.1) is 0 Å². The first kappa shape index (κ1) is 23.9. The minimum atomic E-state index is -3.45. The number of hydrogen-bond acceptors (Lipinski definition) is 4. The molecule has 164 valence electrons. The summed E-state index contributed by atoms with van der Waals surface area (Å²) < 4.78 is 30.8. The van der Waals surface area contributed by atoms with Gasteiger partial charge in [-0.05, 0) is 47.2 Å². The SMILES string of the molecule is CN(C)S(=O)(=O)c1ccc(OCCNC(=O)CCc2ccc(C(C)(C)C)cc2)cc1. The molecule has 0 aromatic heterocycles. The van der Waals surface area contributed by atoms with Gasteiger partial charge >= 0.3 is 0 Å². The number of carbonyl (C=O) groups excluding carboxylic acids is 1. The lowest BCUT2D eigenvalue weighted by Gasteiger charge is -2.19. The minimum absolute atomic E-state index is 0.0223. The Balaban J connectivity index is 1.71. The van der Waals surface area contributed by atoms with Crippen LogP contribution in [0.4, 0.5) is 0 Å². The van der Waals surface area contributed by atoms with Crippen molar-refractivity contribution in [3.05, 3.63) is 59.7 Å². The van der Waals surface area contributed by atoms with Crippen LogP contribution in [0.3, 0.4) is 0 Å². The molecule has 1 N–H and O–H groups in total. The molecule has 2 aromatic carbocycles. The van der Waals surface area contributed by atoms with Crippen LogP contribution in [0.25, 0.3) is 0 Å². The van der Waals surface area contributed by atoms with Crippen LogP contribution in [0, 0.1) is 0 Å². The summed E-state index contributed by atoms with van der Waals surface area (Å²) >= 11 is 0. The highest BCUT2D eigenvalue weighted by Crippen LogP contribution is 2.22. The first-order chi connectivity index (χ1) is 14.0. The van der Waals surface area contributed by atoms with Gasteiger partial charge in [-0.25, -0.2) is 12.7 Å². The Morgan fingerprint density at radius 3 is 2.13 bits per heavy atom. The third kappa shape index (κ3) is 6.85. The normalized spacial score (nSPS) is 12.1. The highest BCUT2D eigenvalue weighted by Gasteiger charge is 2.16. The molecule has 2 rings (SSSR count). The maximum Gasteiger partial charge on any atom is 0.242 e. The Labute approximate surface area is 180 Å². The van der Waals surface area contributed by atoms with Crippen molar-refractivity contribution < 1.29 is 17.9 Å². The monoisotopic (exact) mass is 432 g/mol. The van der Waals surface area contributed by atoms with Gasteiger partial charge in [0, 0.05) is 20.5 Å². The summed E-state index contributed by atoms with van der Waals surface area (Å²) in [5.41, 5.74) is 2.54. The van der Waals surface area contributed by atoms with E-state index in [4.69, 9.17) is 4.74 Å². The van der Waals surface area contributed by atoms with Crippen LogP contribution in [-0.2, 0) is 26.7 Å². The fourth-order valence-corrected chi connectivity index (χ4v) is 3.70. The summed E-state index contributed by atoms with van der Waals surface area (Å²) in [7, 11) is -0.470. The molecule has 0 unspecified atom stereocenters. The van der Waals surface area contributed by atoms with Crippen LogP contribution in [0.5, 0.6) is 5.75 Å². The van der Waals surface area contributed by atoms with E-state index in [1.165, 1.54) is 31.8 Å². The average molecular weight is 433 g/mol. The second-order valence-corrected chi connectivity index (χ2v) is 10.6. The topological polar surface area (TPSA) is 75.7 Å². The van der Waals surface area contributed by atoms with Crippen LogP contribution in [0.15, 0.2) is 53.4 Å². The Morgan fingerprint density at radius 1 is 1.00 bits per heavy atom. The van der Waals surface area contributed by atoms with Crippen LogP contribution in [0.2, 0.25) is 0 Å². The fraction of sp³-hybridized carbons (Fsp3) is 0.435. The van der Waals surface area contributed by atoms with Gasteiger partial charge in [-0.3, -0.25) is 4.79 Å². The number of ether oxygens (including phenoxy) is 1. The molecule has 0 atom stereocenters. The molecule has 30 heavy (non-hydrogen) atoms. The molecule has 0 saturated carbocycles. The third-order valence-corrected chi connectivity index (χ3v) is 6.59. The lowest BCUT2D eigenvalue weighted by Crippen LogP contribution is -2.28. The summed E-state index contributed by atoms with van der Waals surface area (Å²) in [6.45, 7) is 7.23. The second kappa shape index (κ2) is 10.1. The minimum Gasteiger partial charge on any atom is -0.492 e. The van der Waals surface area contributed by atoms with Gasteiger partial charge < -0.3 is 10.1 Å². The number of sulfonamides is 1. The first-order valence-electron chi connectivity index (χ1n) is 10.0. The quantitative estimate of drug-likeness (QED) is 0.617. The van der Waals surface area contributed by atoms with Crippen molar-refractivity contribution in [2.24, 2.45) is 0 Å². The molecule has 0 spiro atoms. The molecule has 0 aliphatic carbocycles. The molecule has 0 radical (unpaired) electrons. The van der Waals surface area contributed by atoms with Gasteiger partial charge in [0.25, 0.3) is 0 Å². The molecule has 2 aromatic rings. The van der Waals surface area contributed by atoms with Gasteiger partial charge in [0.15, 0.2) is 0 Å². The zero-order chi connectivity index (χ0) is 22.4. The van der Waals surface area contributed by atoms with Crippen molar-refractivity contribution in [2.45, 2.75) is 43.9 Å². The number of rotatable bonds is 9. The number of benzene rings is 2. The maximum atomic E-state index is 12.0. The van der Waals surface area contributed by atoms with E-state index >= 15 is 0 Å². The molecule has 0 aliphatic heterocycles. The molecule has 6 nitrogen and oxygen atoms in total. The van der Waals surface area contributed by atoms with E-state index in [9.17, 15) is 13.2 Å². The first-order valence-corrected chi connectivity index (χ1v) is 11.5. The van der Waals surface area contributed by atoms with E-state index in [-0.39, 0.29) is 16.2 Å². The number of carbonyl (C=O) groups is 1. The lowest BCUT2D eigenvalue weighted by atomic mass is 9.86. The van der Waals surface area contributed by atoms with Crippen molar-refractivity contribution in [3.63, 3.8) is 0 Å². The highest BCUT2D eigenvalue weighted by molar-refractivity contribution is 7.89. The molecular weight excluding hydrogens is 400 g/mol. The number of amides is 1. The highest BCUT2D eigenvalue weighted by atomic mass is 32.2. The van der Waals surface area contributed by atoms with E-state index in [1.54, 1.807) is 12.1 Å². The van der Waals surface area contributed by atoms with Crippen molar-refractivity contribution >= 4 is 15.9 Å². The van der Waals surface area contributed by atoms with Crippen molar-refractivity contribution in [2.75, 3.05) is 27.2 Å². The molecule has 1 amide bonds. The van der Waals surface area contributed by atoms with E-state index in [1.807, 2.05) is 0 Å². The Hall–Kier alpha value is -2.38. The predicted molar refractivity (Wildman–Crippen MR) is 119 cm³/mol. The summed E-state index contributed by atoms with van der Waals surface area (Å²) in [6.07, 6.45) is 1.12. The summed E-state index contributed by atoms with van der Waals surface area (Å²) in [6, 6.07) is 14.6. The van der Waals surface area contributed by atoms with Crippen molar-refractivity contribution in [1.82, 2.24) is 9.62 Å². The van der Waals surface area contributed by atoms with Crippen LogP contribution in [0.1, 0.15) is 38.3 Å². The Kier molecular flexibility index (Phi) is 8.03.